The maximum atomic E-state index is 13.8. The van der Waals surface area contributed by atoms with Crippen molar-refractivity contribution < 1.29 is 97.8 Å². The monoisotopic (exact) mass is 1390 g/mol. The third kappa shape index (κ3) is 28.1. The molecule has 0 aromatic rings. The molecule has 5 aliphatic rings. The van der Waals surface area contributed by atoms with Crippen molar-refractivity contribution in [3.8, 4) is 0 Å². The molecule has 0 spiro atoms. The predicted octanol–water partition coefficient (Wildman–Crippen LogP) is 10.1. The number of allylic oxidation sites excluding steroid dienone is 4. The van der Waals surface area contributed by atoms with Gasteiger partial charge in [-0.25, -0.2) is 9.59 Å². The predicted molar refractivity (Wildman–Crippen MR) is 377 cm³/mol. The van der Waals surface area contributed by atoms with Gasteiger partial charge in [0.05, 0.1) is 122 Å². The zero-order valence-corrected chi connectivity index (χ0v) is 62.3. The van der Waals surface area contributed by atoms with Crippen LogP contribution in [-0.4, -0.2) is 216 Å². The fourth-order valence-corrected chi connectivity index (χ4v) is 15.4. The SMILES string of the molecule is CO[C@H]1C[C@H](CC[C@H](C)[C@@H]2OC(=O)/C=C/C(C)=C/C[C@@H](O)C[C@@H]3C=CC[C@@H](C[C@H](OC)[C@H](C)[C@@H](O)C[C@H](O)[C@@H](C)[C@@H](O)[C@@H](C)[C@H]([C@@H](C)CC[C@H]4C[C@H](OC)C[C@H](C)O4)OC(=O)/C=C/C(C)=C/C[C@H](O)C[C@@H]4C=CC[C@@H](C[C@@H](OC)[C@H](C)[C@@H](O)C[C@@H](O)[C@H](C)[C@@H](O)[C@H]2C)O4)O3)O[C@@H](C)C1. The minimum absolute atomic E-state index is 0.0275. The van der Waals surface area contributed by atoms with E-state index in [9.17, 15) is 50.4 Å². The topological polar surface area (TPSA) is 288 Å². The Bertz CT molecular complexity index is 2320. The number of aliphatic hydroxyl groups excluding tert-OH is 8. The molecule has 4 bridgehead atoms. The third-order valence-electron chi connectivity index (χ3n) is 22.3. The number of hydrogen-bond acceptors (Lipinski definition) is 20. The lowest BCUT2D eigenvalue weighted by Gasteiger charge is -2.38. The van der Waals surface area contributed by atoms with Gasteiger partial charge in [0.15, 0.2) is 0 Å². The molecule has 20 heteroatoms. The Balaban J connectivity index is 1.36. The third-order valence-corrected chi connectivity index (χ3v) is 22.3. The first-order chi connectivity index (χ1) is 46.4. The molecule has 0 aliphatic carbocycles. The zero-order chi connectivity index (χ0) is 72.5. The summed E-state index contributed by atoms with van der Waals surface area (Å²) in [5.41, 5.74) is 1.44. The van der Waals surface area contributed by atoms with Crippen LogP contribution in [0.5, 0.6) is 0 Å². The van der Waals surface area contributed by atoms with Gasteiger partial charge in [0, 0.05) is 102 Å². The van der Waals surface area contributed by atoms with Gasteiger partial charge in [-0.1, -0.05) is 115 Å². The van der Waals surface area contributed by atoms with E-state index in [1.807, 2.05) is 106 Å². The molecular formula is C78H132O20. The van der Waals surface area contributed by atoms with Crippen molar-refractivity contribution in [2.75, 3.05) is 28.4 Å². The van der Waals surface area contributed by atoms with E-state index in [4.69, 9.17) is 47.4 Å². The lowest BCUT2D eigenvalue weighted by Crippen LogP contribution is -2.45. The zero-order valence-electron chi connectivity index (χ0n) is 62.3. The Kier molecular flexibility index (Phi) is 37.6. The molecule has 5 heterocycles. The number of rotatable bonds is 12. The van der Waals surface area contributed by atoms with Crippen LogP contribution in [-0.2, 0) is 57.0 Å². The van der Waals surface area contributed by atoms with Crippen molar-refractivity contribution in [3.63, 3.8) is 0 Å². The molecule has 30 atom stereocenters. The van der Waals surface area contributed by atoms with Crippen LogP contribution in [0.2, 0.25) is 0 Å². The maximum Gasteiger partial charge on any atom is 0.331 e. The van der Waals surface area contributed by atoms with E-state index in [-0.39, 0.29) is 86.4 Å². The van der Waals surface area contributed by atoms with Crippen LogP contribution >= 0.6 is 0 Å². The molecule has 8 N–H and O–H groups in total. The summed E-state index contributed by atoms with van der Waals surface area (Å²) in [6.07, 6.45) is 14.4. The van der Waals surface area contributed by atoms with Gasteiger partial charge in [-0.15, -0.1) is 0 Å². The van der Waals surface area contributed by atoms with Gasteiger partial charge in [-0.05, 0) is 129 Å². The quantitative estimate of drug-likeness (QED) is 0.0666. The average Bonchev–Trinajstić information content (AvgIpc) is 0.873. The molecule has 564 valence electrons. The molecule has 2 saturated heterocycles. The van der Waals surface area contributed by atoms with Crippen LogP contribution in [0.3, 0.4) is 0 Å². The second kappa shape index (κ2) is 43.1. The van der Waals surface area contributed by atoms with Crippen LogP contribution < -0.4 is 0 Å². The largest absolute Gasteiger partial charge is 0.459 e. The van der Waals surface area contributed by atoms with Crippen molar-refractivity contribution in [2.45, 2.75) is 333 Å². The molecule has 0 radical (unpaired) electrons. The summed E-state index contributed by atoms with van der Waals surface area (Å²) in [4.78, 5) is 27.7. The molecule has 0 amide bonds. The van der Waals surface area contributed by atoms with E-state index in [0.29, 0.717) is 64.2 Å². The number of esters is 2. The Hall–Kier alpha value is -3.26. The summed E-state index contributed by atoms with van der Waals surface area (Å²) in [5, 5.41) is 93.8. The second-order valence-corrected chi connectivity index (χ2v) is 30.3. The summed E-state index contributed by atoms with van der Waals surface area (Å²) >= 11 is 0. The summed E-state index contributed by atoms with van der Waals surface area (Å²) in [5.74, 6) is -5.33. The van der Waals surface area contributed by atoms with Crippen LogP contribution in [0.25, 0.3) is 0 Å². The van der Waals surface area contributed by atoms with E-state index in [0.717, 1.165) is 36.8 Å². The number of hydrogen-bond donors (Lipinski definition) is 8. The van der Waals surface area contributed by atoms with E-state index >= 15 is 0 Å². The van der Waals surface area contributed by atoms with Gasteiger partial charge in [0.1, 0.15) is 12.2 Å². The number of cyclic esters (lactones) is 2. The van der Waals surface area contributed by atoms with Crippen molar-refractivity contribution in [2.24, 2.45) is 47.3 Å². The summed E-state index contributed by atoms with van der Waals surface area (Å²) in [6, 6.07) is 0. The van der Waals surface area contributed by atoms with Crippen LogP contribution in [0.15, 0.2) is 71.9 Å². The van der Waals surface area contributed by atoms with Gasteiger partial charge in [0.2, 0.25) is 0 Å². The van der Waals surface area contributed by atoms with Gasteiger partial charge in [0.25, 0.3) is 0 Å². The minimum atomic E-state index is -1.14. The second-order valence-electron chi connectivity index (χ2n) is 30.3. The molecule has 20 nitrogen and oxygen atoms in total. The molecule has 2 fully saturated rings. The summed E-state index contributed by atoms with van der Waals surface area (Å²) in [7, 11) is 6.59. The van der Waals surface area contributed by atoms with Crippen molar-refractivity contribution >= 4 is 11.9 Å². The first kappa shape index (κ1) is 85.4. The number of carbonyl (C=O) groups excluding carboxylic acids is 2. The van der Waals surface area contributed by atoms with E-state index in [1.165, 1.54) is 12.2 Å². The summed E-state index contributed by atoms with van der Waals surface area (Å²) in [6.45, 7) is 22.6. The highest BCUT2D eigenvalue weighted by atomic mass is 16.6. The molecular weight excluding hydrogens is 1260 g/mol. The number of ether oxygens (including phenoxy) is 10. The van der Waals surface area contributed by atoms with E-state index in [2.05, 4.69) is 0 Å². The minimum Gasteiger partial charge on any atom is -0.459 e. The number of methoxy groups -OCH3 is 4. The molecule has 5 rings (SSSR count). The van der Waals surface area contributed by atoms with Crippen LogP contribution in [0, 0.1) is 47.3 Å². The molecule has 0 saturated carbocycles. The lowest BCUT2D eigenvalue weighted by atomic mass is 9.79. The fourth-order valence-electron chi connectivity index (χ4n) is 15.4. The first-order valence-electron chi connectivity index (χ1n) is 37.1. The van der Waals surface area contributed by atoms with Crippen molar-refractivity contribution in [1.82, 2.24) is 0 Å². The highest BCUT2D eigenvalue weighted by molar-refractivity contribution is 5.83. The standard InChI is InChI=1S/C78H132O20/c1-45-23-29-57(79)37-59-19-17-21-61(95-59)41-71(91-15)51(7)68(82)44-70(84)54(10)76(88)56(12)78(48(4)28-32-64-40-66(90-14)36-50(6)94-64)98-74(86)34-26-46(2)24-30-58(80)38-60-20-18-22-62(96-60)42-72(92-16)52(8)67(81)43-69(83)53(9)75(87)55(11)77(97-73(85)33-25-45)47(3)27-31-63-39-65(89-13)35-49(5)93-63/h17-20,23-26,33-34,47-72,75-84,87-88H,21-22,27-32,35-44H2,1-16H3/b33-25+,34-26+,45-23+,46-24+/t47-,48-,49-,50-,51+,52+,53-,54+,55+,56+,57+,58-,59-,60-,61-,62-,63-,64-,65+,66+,67-,68-,69+,70-,71-,72+,75+,76+,77-,78-/m0/s1. The Morgan fingerprint density at radius 3 is 1.13 bits per heavy atom. The highest BCUT2D eigenvalue weighted by Crippen LogP contribution is 2.37. The van der Waals surface area contributed by atoms with Crippen molar-refractivity contribution in [1.29, 1.82) is 0 Å². The molecule has 98 heavy (non-hydrogen) atoms. The number of carbonyl (C=O) groups is 2. The van der Waals surface area contributed by atoms with Crippen LogP contribution in [0.1, 0.15) is 199 Å². The molecule has 5 aliphatic heterocycles. The Labute approximate surface area is 587 Å². The smallest absolute Gasteiger partial charge is 0.331 e. The van der Waals surface area contributed by atoms with Gasteiger partial charge in [-0.2, -0.15) is 0 Å². The Morgan fingerprint density at radius 1 is 0.429 bits per heavy atom. The first-order valence-corrected chi connectivity index (χ1v) is 37.1. The molecule has 0 unspecified atom stereocenters. The maximum absolute atomic E-state index is 13.8. The number of aliphatic hydroxyl groups is 8. The average molecular weight is 1390 g/mol. The highest BCUT2D eigenvalue weighted by Gasteiger charge is 2.42. The Morgan fingerprint density at radius 2 is 0.786 bits per heavy atom. The summed E-state index contributed by atoms with van der Waals surface area (Å²) < 4.78 is 61.5. The van der Waals surface area contributed by atoms with Gasteiger partial charge >= 0.3 is 11.9 Å². The molecule has 0 aromatic carbocycles. The van der Waals surface area contributed by atoms with Gasteiger partial charge < -0.3 is 88.2 Å². The van der Waals surface area contributed by atoms with E-state index < -0.39 is 133 Å². The molecule has 0 aromatic heterocycles. The number of fused-ring (bicyclic) bond motifs is 4. The van der Waals surface area contributed by atoms with Gasteiger partial charge in [-0.3, -0.25) is 0 Å². The fraction of sp³-hybridized carbons (Fsp3) is 0.821. The lowest BCUT2D eigenvalue weighted by molar-refractivity contribution is -0.156. The van der Waals surface area contributed by atoms with Crippen molar-refractivity contribution in [3.05, 3.63) is 71.9 Å². The van der Waals surface area contributed by atoms with Crippen LogP contribution in [0.4, 0.5) is 0 Å². The van der Waals surface area contributed by atoms with E-state index in [1.54, 1.807) is 54.4 Å². The normalized spacial score (nSPS) is 43.3.